The van der Waals surface area contributed by atoms with Crippen LogP contribution >= 0.6 is 15.9 Å². The lowest BCUT2D eigenvalue weighted by molar-refractivity contribution is 1.17. The second kappa shape index (κ2) is 3.24. The van der Waals surface area contributed by atoms with Crippen LogP contribution in [0.5, 0.6) is 0 Å². The molecule has 1 N–H and O–H groups in total. The van der Waals surface area contributed by atoms with Gasteiger partial charge in [-0.2, -0.15) is 0 Å². The Bertz CT molecular complexity index is 557. The second-order valence-corrected chi connectivity index (χ2v) is 4.32. The number of aromatic amines is 1. The zero-order chi connectivity index (χ0) is 10.3. The number of pyridine rings is 1. The van der Waals surface area contributed by atoms with Gasteiger partial charge in [0.25, 0.3) is 5.56 Å². The Balaban J connectivity index is 2.96. The largest absolute Gasteiger partial charge is 0.326 e. The van der Waals surface area contributed by atoms with E-state index in [9.17, 15) is 4.79 Å². The van der Waals surface area contributed by atoms with Crippen LogP contribution in [0.4, 0.5) is 0 Å². The molecule has 0 aliphatic rings. The summed E-state index contributed by atoms with van der Waals surface area (Å²) in [6.07, 6.45) is 0. The lowest BCUT2D eigenvalue weighted by Gasteiger charge is -2.02. The molecular weight excluding hydrogens is 242 g/mol. The Morgan fingerprint density at radius 1 is 1.21 bits per heavy atom. The van der Waals surface area contributed by atoms with E-state index in [0.29, 0.717) is 0 Å². The van der Waals surface area contributed by atoms with Crippen molar-refractivity contribution in [1.82, 2.24) is 4.98 Å². The first-order valence-corrected chi connectivity index (χ1v) is 5.17. The van der Waals surface area contributed by atoms with E-state index in [-0.39, 0.29) is 5.56 Å². The van der Waals surface area contributed by atoms with Crippen molar-refractivity contribution in [2.24, 2.45) is 0 Å². The normalized spacial score (nSPS) is 10.8. The van der Waals surface area contributed by atoms with Crippen molar-refractivity contribution in [1.29, 1.82) is 0 Å². The summed E-state index contributed by atoms with van der Waals surface area (Å²) in [4.78, 5) is 14.4. The maximum Gasteiger partial charge on any atom is 0.256 e. The van der Waals surface area contributed by atoms with Crippen molar-refractivity contribution in [2.45, 2.75) is 13.8 Å². The van der Waals surface area contributed by atoms with Crippen molar-refractivity contribution >= 4 is 26.7 Å². The number of benzene rings is 1. The number of hydrogen-bond acceptors (Lipinski definition) is 1. The summed E-state index contributed by atoms with van der Waals surface area (Å²) in [6.45, 7) is 3.90. The Labute approximate surface area is 90.1 Å². The molecule has 0 spiro atoms. The number of halogens is 1. The molecule has 0 aliphatic carbocycles. The van der Waals surface area contributed by atoms with Crippen LogP contribution in [0.3, 0.4) is 0 Å². The van der Waals surface area contributed by atoms with E-state index >= 15 is 0 Å². The zero-order valence-electron chi connectivity index (χ0n) is 8.02. The molecule has 2 rings (SSSR count). The maximum absolute atomic E-state index is 11.6. The molecule has 72 valence electrons. The number of aromatic nitrogens is 1. The molecule has 0 amide bonds. The van der Waals surface area contributed by atoms with Gasteiger partial charge in [-0.15, -0.1) is 0 Å². The van der Waals surface area contributed by atoms with E-state index < -0.39 is 0 Å². The van der Waals surface area contributed by atoms with E-state index in [1.165, 1.54) is 0 Å². The average Bonchev–Trinajstić information content (AvgIpc) is 2.08. The van der Waals surface area contributed by atoms with Gasteiger partial charge in [0.2, 0.25) is 0 Å². The van der Waals surface area contributed by atoms with E-state index in [1.54, 1.807) is 0 Å². The molecule has 0 unspecified atom stereocenters. The molecular formula is C11H10BrNO. The third-order valence-corrected chi connectivity index (χ3v) is 3.11. The molecule has 2 nitrogen and oxygen atoms in total. The Hall–Kier alpha value is -1.09. The van der Waals surface area contributed by atoms with Crippen LogP contribution in [0.1, 0.15) is 11.3 Å². The van der Waals surface area contributed by atoms with Gasteiger partial charge < -0.3 is 4.98 Å². The van der Waals surface area contributed by atoms with Gasteiger partial charge in [0.05, 0.1) is 0 Å². The van der Waals surface area contributed by atoms with Gasteiger partial charge in [-0.1, -0.05) is 22.0 Å². The highest BCUT2D eigenvalue weighted by Gasteiger charge is 2.02. The molecule has 2 aromatic rings. The predicted octanol–water partition coefficient (Wildman–Crippen LogP) is 2.91. The highest BCUT2D eigenvalue weighted by atomic mass is 79.9. The smallest absolute Gasteiger partial charge is 0.256 e. The van der Waals surface area contributed by atoms with E-state index in [0.717, 1.165) is 26.5 Å². The van der Waals surface area contributed by atoms with Crippen molar-refractivity contribution in [3.63, 3.8) is 0 Å². The van der Waals surface area contributed by atoms with Gasteiger partial charge in [-0.05, 0) is 36.9 Å². The fourth-order valence-electron chi connectivity index (χ4n) is 1.54. The van der Waals surface area contributed by atoms with Crippen molar-refractivity contribution in [3.8, 4) is 0 Å². The Morgan fingerprint density at radius 3 is 2.64 bits per heavy atom. The first kappa shape index (κ1) is 9.46. The summed E-state index contributed by atoms with van der Waals surface area (Å²) in [6, 6.07) is 5.86. The van der Waals surface area contributed by atoms with Gasteiger partial charge in [-0.3, -0.25) is 4.79 Å². The minimum atomic E-state index is -0.0271. The quantitative estimate of drug-likeness (QED) is 0.768. The van der Waals surface area contributed by atoms with Crippen LogP contribution in [-0.4, -0.2) is 4.98 Å². The van der Waals surface area contributed by atoms with Crippen LogP contribution in [0.15, 0.2) is 27.5 Å². The minimum Gasteiger partial charge on any atom is -0.326 e. The monoisotopic (exact) mass is 251 g/mol. The molecule has 0 fully saturated rings. The van der Waals surface area contributed by atoms with Crippen molar-refractivity contribution in [2.75, 3.05) is 0 Å². The van der Waals surface area contributed by atoms with Crippen LogP contribution in [0.25, 0.3) is 10.8 Å². The first-order valence-electron chi connectivity index (χ1n) is 4.38. The SMILES string of the molecule is Cc1cc2cc(C)c(Br)cc2c(=O)[nH]1. The van der Waals surface area contributed by atoms with Crippen molar-refractivity contribution in [3.05, 3.63) is 44.3 Å². The lowest BCUT2D eigenvalue weighted by atomic mass is 10.1. The van der Waals surface area contributed by atoms with Crippen LogP contribution < -0.4 is 5.56 Å². The summed E-state index contributed by atoms with van der Waals surface area (Å²) in [5.74, 6) is 0. The fourth-order valence-corrected chi connectivity index (χ4v) is 1.88. The molecule has 0 saturated heterocycles. The predicted molar refractivity (Wildman–Crippen MR) is 61.7 cm³/mol. The highest BCUT2D eigenvalue weighted by molar-refractivity contribution is 9.10. The Morgan fingerprint density at radius 2 is 1.93 bits per heavy atom. The lowest BCUT2D eigenvalue weighted by Crippen LogP contribution is -2.07. The molecule has 0 saturated carbocycles. The number of fused-ring (bicyclic) bond motifs is 1. The number of aryl methyl sites for hydroxylation is 2. The van der Waals surface area contributed by atoms with Gasteiger partial charge in [-0.25, -0.2) is 0 Å². The van der Waals surface area contributed by atoms with Gasteiger partial charge in [0, 0.05) is 15.6 Å². The topological polar surface area (TPSA) is 32.9 Å². The van der Waals surface area contributed by atoms with E-state index in [2.05, 4.69) is 20.9 Å². The first-order chi connectivity index (χ1) is 6.58. The molecule has 14 heavy (non-hydrogen) atoms. The van der Waals surface area contributed by atoms with Crippen LogP contribution in [0.2, 0.25) is 0 Å². The maximum atomic E-state index is 11.6. The molecule has 1 aromatic carbocycles. The highest BCUT2D eigenvalue weighted by Crippen LogP contribution is 2.21. The summed E-state index contributed by atoms with van der Waals surface area (Å²) in [5, 5.41) is 1.72. The van der Waals surface area contributed by atoms with Crippen LogP contribution in [-0.2, 0) is 0 Å². The molecule has 3 heteroatoms. The zero-order valence-corrected chi connectivity index (χ0v) is 9.60. The summed E-state index contributed by atoms with van der Waals surface area (Å²) < 4.78 is 0.972. The number of nitrogens with one attached hydrogen (secondary N) is 1. The molecule has 0 radical (unpaired) electrons. The van der Waals surface area contributed by atoms with Gasteiger partial charge in [0.15, 0.2) is 0 Å². The third kappa shape index (κ3) is 1.48. The average molecular weight is 252 g/mol. The van der Waals surface area contributed by atoms with Crippen molar-refractivity contribution < 1.29 is 0 Å². The standard InChI is InChI=1S/C11H10BrNO/c1-6-3-8-4-7(2)13-11(14)9(8)5-10(6)12/h3-5H,1-2H3,(H,13,14). The van der Waals surface area contributed by atoms with E-state index in [4.69, 9.17) is 0 Å². The number of rotatable bonds is 0. The minimum absolute atomic E-state index is 0.0271. The van der Waals surface area contributed by atoms with E-state index in [1.807, 2.05) is 32.0 Å². The molecule has 1 aromatic heterocycles. The third-order valence-electron chi connectivity index (χ3n) is 2.26. The molecule has 1 heterocycles. The van der Waals surface area contributed by atoms with Gasteiger partial charge in [0.1, 0.15) is 0 Å². The fraction of sp³-hybridized carbons (Fsp3) is 0.182. The second-order valence-electron chi connectivity index (χ2n) is 3.47. The summed E-state index contributed by atoms with van der Waals surface area (Å²) in [7, 11) is 0. The molecule has 0 atom stereocenters. The van der Waals surface area contributed by atoms with Gasteiger partial charge >= 0.3 is 0 Å². The van der Waals surface area contributed by atoms with Crippen LogP contribution in [0, 0.1) is 13.8 Å². The molecule has 0 bridgehead atoms. The Kier molecular flexibility index (Phi) is 2.19. The summed E-state index contributed by atoms with van der Waals surface area (Å²) in [5.41, 5.74) is 2.01. The number of hydrogen-bond donors (Lipinski definition) is 1. The number of H-pyrrole nitrogens is 1. The summed E-state index contributed by atoms with van der Waals surface area (Å²) >= 11 is 3.42. The molecule has 0 aliphatic heterocycles.